The van der Waals surface area contributed by atoms with Crippen molar-refractivity contribution in [2.75, 3.05) is 17.5 Å². The van der Waals surface area contributed by atoms with Gasteiger partial charge in [-0.3, -0.25) is 13.9 Å². The van der Waals surface area contributed by atoms with Gasteiger partial charge < -0.3 is 15.0 Å². The average Bonchev–Trinajstić information content (AvgIpc) is 2.93. The van der Waals surface area contributed by atoms with E-state index in [-0.39, 0.29) is 35.5 Å². The molecule has 0 heterocycles. The molecule has 0 saturated carbocycles. The monoisotopic (exact) mass is 697 g/mol. The smallest absolute Gasteiger partial charge is 0.264 e. The Morgan fingerprint density at radius 3 is 2.17 bits per heavy atom. The van der Waals surface area contributed by atoms with E-state index in [9.17, 15) is 18.0 Å². The van der Waals surface area contributed by atoms with Crippen LogP contribution in [0, 0.1) is 0 Å². The van der Waals surface area contributed by atoms with Gasteiger partial charge in [-0.05, 0) is 93.4 Å². The van der Waals surface area contributed by atoms with E-state index in [2.05, 4.69) is 21.2 Å². The van der Waals surface area contributed by atoms with Crippen LogP contribution in [0.25, 0.3) is 0 Å². The Bertz CT molecular complexity index is 1490. The van der Waals surface area contributed by atoms with Crippen LogP contribution >= 0.6 is 39.1 Å². The molecule has 0 saturated heterocycles. The van der Waals surface area contributed by atoms with Crippen molar-refractivity contribution in [3.05, 3.63) is 86.8 Å². The second kappa shape index (κ2) is 15.1. The highest BCUT2D eigenvalue weighted by atomic mass is 79.9. The number of nitrogens with one attached hydrogen (secondary N) is 1. The zero-order valence-electron chi connectivity index (χ0n) is 23.8. The molecule has 0 bridgehead atoms. The van der Waals surface area contributed by atoms with Crippen molar-refractivity contribution in [1.29, 1.82) is 0 Å². The Balaban J connectivity index is 2.09. The van der Waals surface area contributed by atoms with Crippen LogP contribution in [0.4, 0.5) is 5.69 Å². The van der Waals surface area contributed by atoms with Crippen LogP contribution in [0.15, 0.2) is 76.1 Å². The predicted molar refractivity (Wildman–Crippen MR) is 171 cm³/mol. The average molecular weight is 699 g/mol. The molecular weight excluding hydrogens is 665 g/mol. The number of nitrogens with zero attached hydrogens (tertiary/aromatic N) is 2. The molecule has 2 amide bonds. The fourth-order valence-corrected chi connectivity index (χ4v) is 6.42. The van der Waals surface area contributed by atoms with E-state index in [1.165, 1.54) is 17.0 Å². The topological polar surface area (TPSA) is 96.0 Å². The Morgan fingerprint density at radius 2 is 1.62 bits per heavy atom. The van der Waals surface area contributed by atoms with Gasteiger partial charge in [-0.15, -0.1) is 0 Å². The Labute approximate surface area is 266 Å². The van der Waals surface area contributed by atoms with Gasteiger partial charge in [0.1, 0.15) is 18.3 Å². The van der Waals surface area contributed by atoms with E-state index in [0.717, 1.165) is 4.31 Å². The molecular formula is C30H34BrCl2N3O5S. The maximum absolute atomic E-state index is 14.1. The summed E-state index contributed by atoms with van der Waals surface area (Å²) in [5.41, 5.74) is 0.826. The Morgan fingerprint density at radius 1 is 0.976 bits per heavy atom. The Hall–Kier alpha value is -2.79. The van der Waals surface area contributed by atoms with Gasteiger partial charge in [0, 0.05) is 27.1 Å². The fourth-order valence-electron chi connectivity index (χ4n) is 4.27. The molecule has 0 radical (unpaired) electrons. The van der Waals surface area contributed by atoms with Crippen molar-refractivity contribution in [2.45, 2.75) is 57.6 Å². The summed E-state index contributed by atoms with van der Waals surface area (Å²) in [5, 5.41) is 3.61. The molecule has 8 nitrogen and oxygen atoms in total. The number of anilines is 1. The highest BCUT2D eigenvalue weighted by Crippen LogP contribution is 2.28. The van der Waals surface area contributed by atoms with Crippen molar-refractivity contribution in [2.24, 2.45) is 0 Å². The van der Waals surface area contributed by atoms with Crippen molar-refractivity contribution in [3.63, 3.8) is 0 Å². The van der Waals surface area contributed by atoms with Gasteiger partial charge in [0.15, 0.2) is 0 Å². The molecule has 0 aliphatic carbocycles. The maximum atomic E-state index is 14.1. The first kappa shape index (κ1) is 33.7. The molecule has 0 aliphatic rings. The van der Waals surface area contributed by atoms with E-state index in [4.69, 9.17) is 27.9 Å². The summed E-state index contributed by atoms with van der Waals surface area (Å²) in [6.07, 6.45) is 0.290. The molecule has 1 N–H and O–H groups in total. The van der Waals surface area contributed by atoms with Crippen molar-refractivity contribution >= 4 is 66.7 Å². The normalized spacial score (nSPS) is 12.1. The number of rotatable bonds is 13. The number of amides is 2. The largest absolute Gasteiger partial charge is 0.494 e. The molecule has 3 aromatic carbocycles. The summed E-state index contributed by atoms with van der Waals surface area (Å²) in [7, 11) is -4.20. The first-order chi connectivity index (χ1) is 19.9. The van der Waals surface area contributed by atoms with Crippen LogP contribution in [0.2, 0.25) is 10.0 Å². The number of hydrogen-bond donors (Lipinski definition) is 1. The predicted octanol–water partition coefficient (Wildman–Crippen LogP) is 6.68. The summed E-state index contributed by atoms with van der Waals surface area (Å²) in [4.78, 5) is 28.8. The lowest BCUT2D eigenvalue weighted by Gasteiger charge is -2.33. The quantitative estimate of drug-likeness (QED) is 0.215. The van der Waals surface area contributed by atoms with Gasteiger partial charge in [-0.2, -0.15) is 0 Å². The first-order valence-electron chi connectivity index (χ1n) is 13.4. The highest BCUT2D eigenvalue weighted by molar-refractivity contribution is 9.10. The van der Waals surface area contributed by atoms with Gasteiger partial charge in [0.05, 0.1) is 17.2 Å². The van der Waals surface area contributed by atoms with Crippen molar-refractivity contribution in [3.8, 4) is 5.75 Å². The lowest BCUT2D eigenvalue weighted by atomic mass is 10.1. The standard InChI is InChI=1S/C30H34BrCl2N3O5S/c1-5-28(30(38)34-20(3)4)35(18-21-7-10-23(32)17-27(21)33)29(37)19-36(24-11-13-25(14-12-24)41-6-2)42(39,40)26-15-8-22(31)9-16-26/h7-17,20,28H,5-6,18-19H2,1-4H3,(H,34,38)/t28-/m0/s1. The molecule has 3 aromatic rings. The van der Waals surface area contributed by atoms with Gasteiger partial charge in [0.25, 0.3) is 10.0 Å². The summed E-state index contributed by atoms with van der Waals surface area (Å²) < 4.78 is 35.2. The molecule has 0 fully saturated rings. The number of benzene rings is 3. The van der Waals surface area contributed by atoms with Crippen LogP contribution in [0.5, 0.6) is 5.75 Å². The van der Waals surface area contributed by atoms with E-state index < -0.39 is 28.5 Å². The van der Waals surface area contributed by atoms with Crippen LogP contribution < -0.4 is 14.4 Å². The molecule has 0 spiro atoms. The number of ether oxygens (including phenoxy) is 1. The third kappa shape index (κ3) is 8.63. The van der Waals surface area contributed by atoms with Gasteiger partial charge in [-0.1, -0.05) is 52.1 Å². The molecule has 0 unspecified atom stereocenters. The molecule has 0 aromatic heterocycles. The van der Waals surface area contributed by atoms with Crippen LogP contribution in [0.3, 0.4) is 0 Å². The zero-order chi connectivity index (χ0) is 31.0. The third-order valence-corrected chi connectivity index (χ3v) is 9.19. The summed E-state index contributed by atoms with van der Waals surface area (Å²) in [5.74, 6) is -0.375. The molecule has 226 valence electrons. The molecule has 1 atom stereocenters. The summed E-state index contributed by atoms with van der Waals surface area (Å²) in [6, 6.07) is 16.4. The minimum Gasteiger partial charge on any atom is -0.494 e. The lowest BCUT2D eigenvalue weighted by molar-refractivity contribution is -0.140. The third-order valence-electron chi connectivity index (χ3n) is 6.29. The van der Waals surface area contributed by atoms with Gasteiger partial charge in [-0.25, -0.2) is 8.42 Å². The van der Waals surface area contributed by atoms with Gasteiger partial charge in [0.2, 0.25) is 11.8 Å². The first-order valence-corrected chi connectivity index (χ1v) is 16.4. The molecule has 42 heavy (non-hydrogen) atoms. The SMILES string of the molecule is CCOc1ccc(N(CC(=O)N(Cc2ccc(Cl)cc2Cl)[C@@H](CC)C(=O)NC(C)C)S(=O)(=O)c2ccc(Br)cc2)cc1. The van der Waals surface area contributed by atoms with E-state index >= 15 is 0 Å². The number of sulfonamides is 1. The number of halogens is 3. The second-order valence-electron chi connectivity index (χ2n) is 9.74. The molecule has 0 aliphatic heterocycles. The minimum absolute atomic E-state index is 0.00396. The lowest BCUT2D eigenvalue weighted by Crippen LogP contribution is -2.53. The van der Waals surface area contributed by atoms with E-state index in [1.54, 1.807) is 61.5 Å². The highest BCUT2D eigenvalue weighted by Gasteiger charge is 2.34. The van der Waals surface area contributed by atoms with Crippen molar-refractivity contribution in [1.82, 2.24) is 10.2 Å². The maximum Gasteiger partial charge on any atom is 0.264 e. The number of carbonyl (C=O) groups excluding carboxylic acids is 2. The van der Waals surface area contributed by atoms with Gasteiger partial charge >= 0.3 is 0 Å². The molecule has 3 rings (SSSR count). The zero-order valence-corrected chi connectivity index (χ0v) is 27.7. The van der Waals surface area contributed by atoms with Crippen LogP contribution in [-0.4, -0.2) is 50.4 Å². The van der Waals surface area contributed by atoms with E-state index in [0.29, 0.717) is 32.4 Å². The summed E-state index contributed by atoms with van der Waals surface area (Å²) >= 11 is 15.9. The number of hydrogen-bond acceptors (Lipinski definition) is 5. The minimum atomic E-state index is -4.20. The second-order valence-corrected chi connectivity index (χ2v) is 13.4. The Kier molecular flexibility index (Phi) is 12.1. The number of carbonyl (C=O) groups is 2. The van der Waals surface area contributed by atoms with Crippen LogP contribution in [-0.2, 0) is 26.2 Å². The fraction of sp³-hybridized carbons (Fsp3) is 0.333. The summed E-state index contributed by atoms with van der Waals surface area (Å²) in [6.45, 7) is 7.13. The van der Waals surface area contributed by atoms with Crippen molar-refractivity contribution < 1.29 is 22.7 Å². The molecule has 12 heteroatoms. The van der Waals surface area contributed by atoms with E-state index in [1.807, 2.05) is 20.8 Å². The van der Waals surface area contributed by atoms with Crippen LogP contribution in [0.1, 0.15) is 39.7 Å².